The summed E-state index contributed by atoms with van der Waals surface area (Å²) >= 11 is 1.27. The summed E-state index contributed by atoms with van der Waals surface area (Å²) in [5.74, 6) is -1.07. The Balaban J connectivity index is 1.33. The number of thiazole rings is 1. The van der Waals surface area contributed by atoms with E-state index in [0.717, 1.165) is 41.0 Å². The van der Waals surface area contributed by atoms with Crippen molar-refractivity contribution in [1.82, 2.24) is 14.3 Å². The molecule has 2 amide bonds. The number of hydrogen-bond donors (Lipinski definition) is 2. The van der Waals surface area contributed by atoms with Crippen molar-refractivity contribution in [2.24, 2.45) is 5.92 Å². The minimum absolute atomic E-state index is 0.0741. The van der Waals surface area contributed by atoms with Crippen LogP contribution in [0.5, 0.6) is 0 Å². The van der Waals surface area contributed by atoms with Crippen LogP contribution in [0.3, 0.4) is 0 Å². The van der Waals surface area contributed by atoms with E-state index in [1.807, 2.05) is 29.6 Å². The normalized spacial score (nSPS) is 17.6. The molecule has 0 saturated carbocycles. The predicted octanol–water partition coefficient (Wildman–Crippen LogP) is 2.57. The molecule has 202 valence electrons. The Morgan fingerprint density at radius 3 is 2.71 bits per heavy atom. The zero-order chi connectivity index (χ0) is 27.4. The van der Waals surface area contributed by atoms with Gasteiger partial charge in [-0.2, -0.15) is 0 Å². The number of nitrogens with zero attached hydrogens (tertiary/aromatic N) is 3. The van der Waals surface area contributed by atoms with Gasteiger partial charge in [0, 0.05) is 61.4 Å². The molecule has 11 nitrogen and oxygen atoms in total. The summed E-state index contributed by atoms with van der Waals surface area (Å²) in [7, 11) is -3.49. The summed E-state index contributed by atoms with van der Waals surface area (Å²) in [5.41, 5.74) is 2.78. The van der Waals surface area contributed by atoms with E-state index >= 15 is 0 Å². The highest BCUT2D eigenvalue weighted by atomic mass is 32.2. The molecule has 0 bridgehead atoms. The molecule has 2 aromatic heterocycles. The number of piperidine rings is 1. The molecule has 3 heterocycles. The molecule has 1 saturated heterocycles. The molecule has 1 aliphatic rings. The van der Waals surface area contributed by atoms with Crippen molar-refractivity contribution in [3.8, 4) is 11.3 Å². The van der Waals surface area contributed by atoms with E-state index in [-0.39, 0.29) is 30.1 Å². The summed E-state index contributed by atoms with van der Waals surface area (Å²) in [6, 6.07) is 9.34. The van der Waals surface area contributed by atoms with Gasteiger partial charge < -0.3 is 20.3 Å². The van der Waals surface area contributed by atoms with Crippen molar-refractivity contribution >= 4 is 50.0 Å². The fourth-order valence-electron chi connectivity index (χ4n) is 4.22. The summed E-state index contributed by atoms with van der Waals surface area (Å²) in [6.07, 6.45) is 4.17. The van der Waals surface area contributed by atoms with Crippen LogP contribution in [0.1, 0.15) is 30.6 Å². The highest BCUT2D eigenvalue weighted by Gasteiger charge is 2.28. The van der Waals surface area contributed by atoms with Crippen molar-refractivity contribution < 1.29 is 27.5 Å². The van der Waals surface area contributed by atoms with Gasteiger partial charge in [-0.3, -0.25) is 18.4 Å². The minimum Gasteiger partial charge on any atom is -0.462 e. The second kappa shape index (κ2) is 11.4. The molecule has 1 aromatic carbocycles. The number of amides is 2. The summed E-state index contributed by atoms with van der Waals surface area (Å²) in [4.78, 5) is 42.7. The number of hydrogen-bond acceptors (Lipinski definition) is 9. The third kappa shape index (κ3) is 6.78. The molecule has 0 spiro atoms. The van der Waals surface area contributed by atoms with Gasteiger partial charge in [-0.05, 0) is 18.2 Å². The lowest BCUT2D eigenvalue weighted by molar-refractivity contribution is -0.149. The summed E-state index contributed by atoms with van der Waals surface area (Å²) in [5, 5.41) is 7.38. The highest BCUT2D eigenvalue weighted by Crippen LogP contribution is 2.30. The second-order valence-electron chi connectivity index (χ2n) is 9.17. The fourth-order valence-corrected chi connectivity index (χ4v) is 5.54. The minimum atomic E-state index is -3.49. The number of aromatic nitrogens is 2. The third-order valence-electron chi connectivity index (χ3n) is 6.12. The smallest absolute Gasteiger partial charge is 0.302 e. The quantitative estimate of drug-likeness (QED) is 0.402. The summed E-state index contributed by atoms with van der Waals surface area (Å²) in [6.45, 7) is 4.76. The Bertz CT molecular complexity index is 1450. The number of ether oxygens (including phenoxy) is 1. The lowest BCUT2D eigenvalue weighted by atomic mass is 9.95. The average molecular weight is 560 g/mol. The molecule has 3 aromatic rings. The number of benzene rings is 1. The van der Waals surface area contributed by atoms with Crippen LogP contribution >= 0.6 is 11.3 Å². The van der Waals surface area contributed by atoms with Crippen molar-refractivity contribution in [3.05, 3.63) is 53.7 Å². The molecule has 2 atom stereocenters. The van der Waals surface area contributed by atoms with Crippen LogP contribution in [0.25, 0.3) is 11.3 Å². The van der Waals surface area contributed by atoms with Gasteiger partial charge in [0.2, 0.25) is 15.9 Å². The van der Waals surface area contributed by atoms with Crippen LogP contribution in [0, 0.1) is 5.92 Å². The fraction of sp³-hybridized carbons (Fsp3) is 0.360. The number of anilines is 2. The van der Waals surface area contributed by atoms with Gasteiger partial charge in [0.05, 0.1) is 24.1 Å². The van der Waals surface area contributed by atoms with E-state index in [9.17, 15) is 22.8 Å². The van der Waals surface area contributed by atoms with E-state index in [0.29, 0.717) is 10.8 Å². The number of esters is 1. The van der Waals surface area contributed by atoms with Crippen LogP contribution < -0.4 is 15.5 Å². The van der Waals surface area contributed by atoms with E-state index in [2.05, 4.69) is 27.4 Å². The zero-order valence-corrected chi connectivity index (χ0v) is 22.8. The van der Waals surface area contributed by atoms with Crippen LogP contribution in [0.2, 0.25) is 0 Å². The molecule has 1 aliphatic heterocycles. The molecule has 4 rings (SSSR count). The van der Waals surface area contributed by atoms with E-state index in [4.69, 9.17) is 4.74 Å². The Hall–Kier alpha value is -3.71. The summed E-state index contributed by atoms with van der Waals surface area (Å²) < 4.78 is 29.4. The SMILES string of the molecule is CC(=O)OC1CCN(c2cccc(-c3csc(NC(=O)CNC(=O)c4ccn(S(C)(=O)=O)c4)n3)c2)CC1C. The third-order valence-corrected chi connectivity index (χ3v) is 7.87. The molecule has 0 radical (unpaired) electrons. The Morgan fingerprint density at radius 2 is 2.03 bits per heavy atom. The van der Waals surface area contributed by atoms with E-state index < -0.39 is 21.8 Å². The van der Waals surface area contributed by atoms with E-state index in [1.54, 1.807) is 0 Å². The van der Waals surface area contributed by atoms with Crippen LogP contribution in [-0.2, 0) is 24.3 Å². The van der Waals surface area contributed by atoms with Crippen LogP contribution in [0.15, 0.2) is 48.1 Å². The largest absolute Gasteiger partial charge is 0.462 e. The molecular formula is C25H29N5O6S2. The van der Waals surface area contributed by atoms with Crippen LogP contribution in [-0.4, -0.2) is 67.2 Å². The number of nitrogens with one attached hydrogen (secondary N) is 2. The Morgan fingerprint density at radius 1 is 1.24 bits per heavy atom. The van der Waals surface area contributed by atoms with E-state index in [1.165, 1.54) is 36.7 Å². The Kier molecular flexibility index (Phi) is 8.17. The molecule has 2 N–H and O–H groups in total. The molecule has 2 unspecified atom stereocenters. The standard InChI is InChI=1S/C25H29N5O6S2/c1-16-13-29(9-8-22(16)36-17(2)31)20-6-4-5-18(11-20)21-15-37-25(27-21)28-23(32)12-26-24(33)19-7-10-30(14-19)38(3,34)35/h4-7,10-11,14-16,22H,8-9,12-13H2,1-3H3,(H,26,33)(H,27,28,32). The Labute approximate surface area is 224 Å². The molecule has 1 fully saturated rings. The first kappa shape index (κ1) is 27.3. The average Bonchev–Trinajstić information content (AvgIpc) is 3.54. The first-order valence-electron chi connectivity index (χ1n) is 11.9. The van der Waals surface area contributed by atoms with Gasteiger partial charge in [0.1, 0.15) is 6.10 Å². The van der Waals surface area contributed by atoms with Gasteiger partial charge in [-0.1, -0.05) is 19.1 Å². The molecular weight excluding hydrogens is 530 g/mol. The van der Waals surface area contributed by atoms with Gasteiger partial charge in [-0.25, -0.2) is 13.4 Å². The molecule has 38 heavy (non-hydrogen) atoms. The first-order valence-corrected chi connectivity index (χ1v) is 14.7. The van der Waals surface area contributed by atoms with Crippen molar-refractivity contribution in [2.75, 3.05) is 36.1 Å². The lowest BCUT2D eigenvalue weighted by Crippen LogP contribution is -2.43. The van der Waals surface area contributed by atoms with Gasteiger partial charge in [0.25, 0.3) is 5.91 Å². The number of carbonyl (C=O) groups excluding carboxylic acids is 3. The maximum Gasteiger partial charge on any atom is 0.302 e. The van der Waals surface area contributed by atoms with Gasteiger partial charge >= 0.3 is 5.97 Å². The van der Waals surface area contributed by atoms with Crippen LogP contribution in [0.4, 0.5) is 10.8 Å². The van der Waals surface area contributed by atoms with Crippen molar-refractivity contribution in [1.29, 1.82) is 0 Å². The molecule has 0 aliphatic carbocycles. The topological polar surface area (TPSA) is 140 Å². The number of rotatable bonds is 8. The van der Waals surface area contributed by atoms with Gasteiger partial charge in [-0.15, -0.1) is 11.3 Å². The van der Waals surface area contributed by atoms with Crippen molar-refractivity contribution in [2.45, 2.75) is 26.4 Å². The first-order chi connectivity index (χ1) is 18.0. The number of carbonyl (C=O) groups is 3. The maximum absolute atomic E-state index is 12.3. The highest BCUT2D eigenvalue weighted by molar-refractivity contribution is 7.89. The van der Waals surface area contributed by atoms with Gasteiger partial charge in [0.15, 0.2) is 5.13 Å². The maximum atomic E-state index is 12.3. The zero-order valence-electron chi connectivity index (χ0n) is 21.2. The predicted molar refractivity (Wildman–Crippen MR) is 145 cm³/mol. The second-order valence-corrected chi connectivity index (χ2v) is 11.9. The monoisotopic (exact) mass is 559 g/mol. The lowest BCUT2D eigenvalue weighted by Gasteiger charge is -2.37. The molecule has 13 heteroatoms. The van der Waals surface area contributed by atoms with Crippen molar-refractivity contribution in [3.63, 3.8) is 0 Å².